The fourth-order valence-corrected chi connectivity index (χ4v) is 2.01. The van der Waals surface area contributed by atoms with Crippen LogP contribution in [0.1, 0.15) is 43.4 Å². The van der Waals surface area contributed by atoms with E-state index in [4.69, 9.17) is 0 Å². The van der Waals surface area contributed by atoms with Gasteiger partial charge in [-0.15, -0.1) is 0 Å². The molecule has 0 heterocycles. The third-order valence-electron chi connectivity index (χ3n) is 3.10. The first-order valence-corrected chi connectivity index (χ1v) is 6.79. The first-order chi connectivity index (χ1) is 8.69. The quantitative estimate of drug-likeness (QED) is 0.586. The molecule has 1 aromatic carbocycles. The summed E-state index contributed by atoms with van der Waals surface area (Å²) >= 11 is 0. The predicted molar refractivity (Wildman–Crippen MR) is 82.8 cm³/mol. The standard InChI is InChI=1S/C18H24/c1-5-10-17(6-2)13-7-8-14-18-15(3)11-9-12-16(18)4/h7-14H,5-6H2,1-4H3/b13-7+,14-8+,17-10+. The van der Waals surface area contributed by atoms with Crippen LogP contribution >= 0.6 is 0 Å². The summed E-state index contributed by atoms with van der Waals surface area (Å²) in [7, 11) is 0. The Labute approximate surface area is 112 Å². The zero-order valence-corrected chi connectivity index (χ0v) is 12.0. The minimum atomic E-state index is 1.10. The van der Waals surface area contributed by atoms with Gasteiger partial charge in [0.2, 0.25) is 0 Å². The Morgan fingerprint density at radius 1 is 1.06 bits per heavy atom. The van der Waals surface area contributed by atoms with Gasteiger partial charge in [-0.2, -0.15) is 0 Å². The highest BCUT2D eigenvalue weighted by Crippen LogP contribution is 2.15. The molecule has 0 amide bonds. The summed E-state index contributed by atoms with van der Waals surface area (Å²) in [4.78, 5) is 0. The largest absolute Gasteiger partial charge is 0.0816 e. The molecule has 0 aliphatic heterocycles. The molecule has 0 atom stereocenters. The molecule has 0 nitrogen and oxygen atoms in total. The summed E-state index contributed by atoms with van der Waals surface area (Å²) in [6, 6.07) is 6.42. The van der Waals surface area contributed by atoms with Crippen LogP contribution in [0.15, 0.2) is 48.1 Å². The molecule has 0 heteroatoms. The van der Waals surface area contributed by atoms with E-state index in [2.05, 4.69) is 76.3 Å². The van der Waals surface area contributed by atoms with Crippen LogP contribution in [0.5, 0.6) is 0 Å². The van der Waals surface area contributed by atoms with Gasteiger partial charge in [0.15, 0.2) is 0 Å². The fraction of sp³-hybridized carbons (Fsp3) is 0.333. The average molecular weight is 240 g/mol. The Hall–Kier alpha value is -1.56. The maximum Gasteiger partial charge on any atom is -0.0198 e. The van der Waals surface area contributed by atoms with E-state index in [-0.39, 0.29) is 0 Å². The lowest BCUT2D eigenvalue weighted by Crippen LogP contribution is -1.84. The fourth-order valence-electron chi connectivity index (χ4n) is 2.01. The van der Waals surface area contributed by atoms with E-state index in [0.717, 1.165) is 12.8 Å². The van der Waals surface area contributed by atoms with Gasteiger partial charge in [0.05, 0.1) is 0 Å². The molecular formula is C18H24. The highest BCUT2D eigenvalue weighted by atomic mass is 14.0. The summed E-state index contributed by atoms with van der Waals surface area (Å²) in [5, 5.41) is 0. The van der Waals surface area contributed by atoms with Crippen molar-refractivity contribution in [2.75, 3.05) is 0 Å². The number of hydrogen-bond acceptors (Lipinski definition) is 0. The van der Waals surface area contributed by atoms with E-state index in [1.165, 1.54) is 22.3 Å². The second-order valence-electron chi connectivity index (χ2n) is 4.56. The number of hydrogen-bond donors (Lipinski definition) is 0. The van der Waals surface area contributed by atoms with Gasteiger partial charge in [-0.3, -0.25) is 0 Å². The molecule has 0 fully saturated rings. The zero-order chi connectivity index (χ0) is 13.4. The predicted octanol–water partition coefficient (Wildman–Crippen LogP) is 5.62. The number of allylic oxidation sites excluding steroid dienone is 5. The lowest BCUT2D eigenvalue weighted by molar-refractivity contribution is 1.10. The van der Waals surface area contributed by atoms with E-state index in [1.54, 1.807) is 0 Å². The smallest absolute Gasteiger partial charge is 0.0198 e. The van der Waals surface area contributed by atoms with Crippen molar-refractivity contribution in [3.8, 4) is 0 Å². The van der Waals surface area contributed by atoms with Crippen LogP contribution in [0.2, 0.25) is 0 Å². The topological polar surface area (TPSA) is 0 Å². The second-order valence-corrected chi connectivity index (χ2v) is 4.56. The van der Waals surface area contributed by atoms with Crippen molar-refractivity contribution in [3.63, 3.8) is 0 Å². The molecule has 0 radical (unpaired) electrons. The van der Waals surface area contributed by atoms with Crippen molar-refractivity contribution in [2.45, 2.75) is 40.5 Å². The molecule has 0 unspecified atom stereocenters. The highest BCUT2D eigenvalue weighted by molar-refractivity contribution is 5.58. The van der Waals surface area contributed by atoms with Crippen molar-refractivity contribution < 1.29 is 0 Å². The molecule has 0 saturated heterocycles. The van der Waals surface area contributed by atoms with E-state index in [9.17, 15) is 0 Å². The van der Waals surface area contributed by atoms with Gasteiger partial charge in [-0.25, -0.2) is 0 Å². The minimum absolute atomic E-state index is 1.10. The molecule has 18 heavy (non-hydrogen) atoms. The summed E-state index contributed by atoms with van der Waals surface area (Å²) in [6.45, 7) is 8.69. The van der Waals surface area contributed by atoms with Crippen LogP contribution in [0, 0.1) is 13.8 Å². The van der Waals surface area contributed by atoms with Gasteiger partial charge in [-0.05, 0) is 43.4 Å². The summed E-state index contributed by atoms with van der Waals surface area (Å²) in [6.07, 6.45) is 13.2. The minimum Gasteiger partial charge on any atom is -0.0816 e. The van der Waals surface area contributed by atoms with Crippen LogP contribution in [-0.2, 0) is 0 Å². The SMILES string of the molecule is CC/C=C(/C=C/C=C/c1c(C)cccc1C)CC. The van der Waals surface area contributed by atoms with E-state index in [0.29, 0.717) is 0 Å². The maximum absolute atomic E-state index is 2.28. The summed E-state index contributed by atoms with van der Waals surface area (Å²) in [5.41, 5.74) is 5.40. The maximum atomic E-state index is 2.28. The van der Waals surface area contributed by atoms with E-state index < -0.39 is 0 Å². The monoisotopic (exact) mass is 240 g/mol. The average Bonchev–Trinajstić information content (AvgIpc) is 2.36. The molecule has 0 saturated carbocycles. The van der Waals surface area contributed by atoms with Crippen molar-refractivity contribution in [1.29, 1.82) is 0 Å². The molecule has 0 N–H and O–H groups in total. The zero-order valence-electron chi connectivity index (χ0n) is 12.0. The van der Waals surface area contributed by atoms with Crippen molar-refractivity contribution in [3.05, 3.63) is 64.8 Å². The van der Waals surface area contributed by atoms with Gasteiger partial charge in [0, 0.05) is 0 Å². The first kappa shape index (κ1) is 14.5. The summed E-state index contributed by atoms with van der Waals surface area (Å²) in [5.74, 6) is 0. The van der Waals surface area contributed by atoms with Crippen LogP contribution < -0.4 is 0 Å². The highest BCUT2D eigenvalue weighted by Gasteiger charge is 1.95. The van der Waals surface area contributed by atoms with Crippen molar-refractivity contribution >= 4 is 6.08 Å². The van der Waals surface area contributed by atoms with E-state index in [1.807, 2.05) is 0 Å². The normalized spacial score (nSPS) is 12.8. The molecule has 0 aliphatic rings. The van der Waals surface area contributed by atoms with Crippen LogP contribution in [0.25, 0.3) is 6.08 Å². The van der Waals surface area contributed by atoms with Crippen molar-refractivity contribution in [1.82, 2.24) is 0 Å². The Bertz CT molecular complexity index is 439. The molecule has 96 valence electrons. The Morgan fingerprint density at radius 2 is 1.72 bits per heavy atom. The molecule has 1 rings (SSSR count). The molecular weight excluding hydrogens is 216 g/mol. The lowest BCUT2D eigenvalue weighted by Gasteiger charge is -2.03. The molecule has 0 aliphatic carbocycles. The third kappa shape index (κ3) is 4.37. The first-order valence-electron chi connectivity index (χ1n) is 6.79. The molecule has 0 bridgehead atoms. The molecule has 1 aromatic rings. The van der Waals surface area contributed by atoms with Gasteiger partial charge in [0.25, 0.3) is 0 Å². The van der Waals surface area contributed by atoms with Crippen molar-refractivity contribution in [2.24, 2.45) is 0 Å². The molecule has 0 aromatic heterocycles. The van der Waals surface area contributed by atoms with E-state index >= 15 is 0 Å². The van der Waals surface area contributed by atoms with Gasteiger partial charge in [0.1, 0.15) is 0 Å². The molecule has 0 spiro atoms. The Kier molecular flexibility index (Phi) is 6.21. The van der Waals surface area contributed by atoms with Crippen LogP contribution in [-0.4, -0.2) is 0 Å². The number of rotatable bonds is 5. The summed E-state index contributed by atoms with van der Waals surface area (Å²) < 4.78 is 0. The van der Waals surface area contributed by atoms with Gasteiger partial charge >= 0.3 is 0 Å². The van der Waals surface area contributed by atoms with Gasteiger partial charge < -0.3 is 0 Å². The second kappa shape index (κ2) is 7.71. The lowest BCUT2D eigenvalue weighted by atomic mass is 10.0. The van der Waals surface area contributed by atoms with Gasteiger partial charge in [-0.1, -0.05) is 68.0 Å². The third-order valence-corrected chi connectivity index (χ3v) is 3.10. The number of benzene rings is 1. The Balaban J connectivity index is 2.76. The van der Waals surface area contributed by atoms with Crippen LogP contribution in [0.4, 0.5) is 0 Å². The van der Waals surface area contributed by atoms with Crippen LogP contribution in [0.3, 0.4) is 0 Å². The number of aryl methyl sites for hydroxylation is 2. The Morgan fingerprint density at radius 3 is 2.28 bits per heavy atom.